The van der Waals surface area contributed by atoms with Gasteiger partial charge in [0.25, 0.3) is 0 Å². The van der Waals surface area contributed by atoms with Gasteiger partial charge in [0.15, 0.2) is 5.78 Å². The molecule has 0 aliphatic heterocycles. The molecule has 0 N–H and O–H groups in total. The van der Waals surface area contributed by atoms with Crippen LogP contribution >= 0.6 is 11.6 Å². The number of aryl methyl sites for hydroxylation is 3. The molecular weight excluding hydrogens is 342 g/mol. The Balaban J connectivity index is 1.94. The zero-order valence-electron chi connectivity index (χ0n) is 15.5. The van der Waals surface area contributed by atoms with Crippen LogP contribution in [0.2, 0.25) is 5.02 Å². The van der Waals surface area contributed by atoms with Crippen molar-refractivity contribution in [2.45, 2.75) is 27.7 Å². The van der Waals surface area contributed by atoms with Gasteiger partial charge in [0, 0.05) is 27.7 Å². The van der Waals surface area contributed by atoms with Crippen LogP contribution in [-0.4, -0.2) is 10.4 Å². The molecule has 1 heterocycles. The number of hydrogen-bond donors (Lipinski definition) is 0. The van der Waals surface area contributed by atoms with Crippen molar-refractivity contribution in [2.75, 3.05) is 0 Å². The van der Waals surface area contributed by atoms with E-state index in [1.165, 1.54) is 0 Å². The van der Waals surface area contributed by atoms with Crippen LogP contribution in [0.5, 0.6) is 0 Å². The number of halogens is 1. The SMILES string of the molecule is Cc1ccc(C(=O)/C=C/c2cc(C)n(-c3cc(Cl)ccc3C)c2C)cc1. The Labute approximate surface area is 159 Å². The molecule has 1 aromatic heterocycles. The lowest BCUT2D eigenvalue weighted by atomic mass is 10.1. The van der Waals surface area contributed by atoms with E-state index in [0.717, 1.165) is 33.8 Å². The first-order valence-electron chi connectivity index (χ1n) is 8.61. The summed E-state index contributed by atoms with van der Waals surface area (Å²) in [6.07, 6.45) is 3.53. The monoisotopic (exact) mass is 363 g/mol. The molecule has 3 heteroatoms. The molecule has 0 atom stereocenters. The van der Waals surface area contributed by atoms with Gasteiger partial charge in [-0.15, -0.1) is 0 Å². The fourth-order valence-corrected chi connectivity index (χ4v) is 3.30. The highest BCUT2D eigenvalue weighted by molar-refractivity contribution is 6.30. The van der Waals surface area contributed by atoms with E-state index in [1.807, 2.05) is 55.5 Å². The Hall–Kier alpha value is -2.58. The molecule has 0 saturated carbocycles. The van der Waals surface area contributed by atoms with E-state index in [4.69, 9.17) is 11.6 Å². The lowest BCUT2D eigenvalue weighted by molar-refractivity contribution is 0.104. The molecule has 2 aromatic carbocycles. The summed E-state index contributed by atoms with van der Waals surface area (Å²) >= 11 is 6.19. The van der Waals surface area contributed by atoms with Crippen LogP contribution in [0.4, 0.5) is 0 Å². The summed E-state index contributed by atoms with van der Waals surface area (Å²) in [4.78, 5) is 12.4. The fraction of sp³-hybridized carbons (Fsp3) is 0.174. The van der Waals surface area contributed by atoms with Crippen molar-refractivity contribution in [1.82, 2.24) is 4.57 Å². The van der Waals surface area contributed by atoms with E-state index < -0.39 is 0 Å². The van der Waals surface area contributed by atoms with Crippen LogP contribution in [0, 0.1) is 27.7 Å². The fourth-order valence-electron chi connectivity index (χ4n) is 3.13. The molecule has 0 spiro atoms. The number of rotatable bonds is 4. The molecule has 132 valence electrons. The van der Waals surface area contributed by atoms with Crippen molar-refractivity contribution in [3.8, 4) is 5.69 Å². The molecule has 3 aromatic rings. The number of aromatic nitrogens is 1. The maximum absolute atomic E-state index is 12.4. The molecule has 3 rings (SSSR count). The minimum Gasteiger partial charge on any atom is -0.318 e. The minimum atomic E-state index is 0.00809. The molecule has 0 unspecified atom stereocenters. The van der Waals surface area contributed by atoms with Gasteiger partial charge in [-0.05, 0) is 69.2 Å². The van der Waals surface area contributed by atoms with Crippen molar-refractivity contribution in [1.29, 1.82) is 0 Å². The largest absolute Gasteiger partial charge is 0.318 e. The Morgan fingerprint density at radius 3 is 2.35 bits per heavy atom. The predicted molar refractivity (Wildman–Crippen MR) is 110 cm³/mol. The van der Waals surface area contributed by atoms with E-state index in [-0.39, 0.29) is 5.78 Å². The molecule has 0 radical (unpaired) electrons. The summed E-state index contributed by atoms with van der Waals surface area (Å²) in [6, 6.07) is 15.6. The van der Waals surface area contributed by atoms with Crippen molar-refractivity contribution >= 4 is 23.5 Å². The molecule has 0 bridgehead atoms. The molecule has 0 fully saturated rings. The van der Waals surface area contributed by atoms with Gasteiger partial charge in [-0.3, -0.25) is 4.79 Å². The number of carbonyl (C=O) groups is 1. The summed E-state index contributed by atoms with van der Waals surface area (Å²) in [5.41, 5.74) is 7.29. The zero-order valence-corrected chi connectivity index (χ0v) is 16.3. The van der Waals surface area contributed by atoms with Crippen LogP contribution < -0.4 is 0 Å². The summed E-state index contributed by atoms with van der Waals surface area (Å²) in [6.45, 7) is 8.20. The maximum atomic E-state index is 12.4. The molecule has 0 amide bonds. The molecule has 0 aliphatic carbocycles. The van der Waals surface area contributed by atoms with Crippen molar-refractivity contribution in [2.24, 2.45) is 0 Å². The molecule has 26 heavy (non-hydrogen) atoms. The molecule has 0 aliphatic rings. The standard InChI is InChI=1S/C23H22ClNO/c1-15-5-8-19(9-6-15)23(26)12-10-20-13-17(3)25(18(20)4)22-14-21(24)11-7-16(22)2/h5-14H,1-4H3/b12-10+. The third-order valence-electron chi connectivity index (χ3n) is 4.63. The second-order valence-electron chi connectivity index (χ2n) is 6.66. The molecule has 2 nitrogen and oxygen atoms in total. The van der Waals surface area contributed by atoms with Crippen molar-refractivity contribution in [3.63, 3.8) is 0 Å². The first kappa shape index (κ1) is 18.2. The third-order valence-corrected chi connectivity index (χ3v) is 4.87. The zero-order chi connectivity index (χ0) is 18.8. The Morgan fingerprint density at radius 1 is 0.962 bits per heavy atom. The van der Waals surface area contributed by atoms with Crippen LogP contribution in [0.25, 0.3) is 11.8 Å². The molecule has 0 saturated heterocycles. The van der Waals surface area contributed by atoms with E-state index in [9.17, 15) is 4.79 Å². The smallest absolute Gasteiger partial charge is 0.185 e. The van der Waals surface area contributed by atoms with E-state index >= 15 is 0 Å². The first-order valence-corrected chi connectivity index (χ1v) is 8.99. The van der Waals surface area contributed by atoms with Gasteiger partial charge in [-0.25, -0.2) is 0 Å². The minimum absolute atomic E-state index is 0.00809. The summed E-state index contributed by atoms with van der Waals surface area (Å²) in [7, 11) is 0. The second-order valence-corrected chi connectivity index (χ2v) is 7.09. The van der Waals surface area contributed by atoms with E-state index in [0.29, 0.717) is 10.6 Å². The number of hydrogen-bond acceptors (Lipinski definition) is 1. The van der Waals surface area contributed by atoms with Crippen LogP contribution in [0.1, 0.15) is 38.4 Å². The normalized spacial score (nSPS) is 11.3. The van der Waals surface area contributed by atoms with Crippen LogP contribution in [0.15, 0.2) is 54.6 Å². The van der Waals surface area contributed by atoms with Crippen molar-refractivity contribution < 1.29 is 4.79 Å². The van der Waals surface area contributed by atoms with Gasteiger partial charge in [0.1, 0.15) is 0 Å². The van der Waals surface area contributed by atoms with E-state index in [2.05, 4.69) is 31.4 Å². The van der Waals surface area contributed by atoms with Gasteiger partial charge < -0.3 is 4.57 Å². The second kappa shape index (κ2) is 7.35. The van der Waals surface area contributed by atoms with Crippen molar-refractivity contribution in [3.05, 3.63) is 93.3 Å². The number of allylic oxidation sites excluding steroid dienone is 1. The molecular formula is C23H22ClNO. The lowest BCUT2D eigenvalue weighted by Crippen LogP contribution is -2.01. The summed E-state index contributed by atoms with van der Waals surface area (Å²) in [5, 5.41) is 0.713. The highest BCUT2D eigenvalue weighted by atomic mass is 35.5. The van der Waals surface area contributed by atoms with Gasteiger partial charge in [-0.2, -0.15) is 0 Å². The predicted octanol–water partition coefficient (Wildman–Crippen LogP) is 6.26. The van der Waals surface area contributed by atoms with E-state index in [1.54, 1.807) is 6.08 Å². The summed E-state index contributed by atoms with van der Waals surface area (Å²) < 4.78 is 2.18. The average molecular weight is 364 g/mol. The lowest BCUT2D eigenvalue weighted by Gasteiger charge is -2.13. The van der Waals surface area contributed by atoms with Crippen LogP contribution in [-0.2, 0) is 0 Å². The number of carbonyl (C=O) groups excluding carboxylic acids is 1. The summed E-state index contributed by atoms with van der Waals surface area (Å²) in [5.74, 6) is 0.00809. The number of ketones is 1. The third kappa shape index (κ3) is 3.66. The topological polar surface area (TPSA) is 22.0 Å². The quantitative estimate of drug-likeness (QED) is 0.396. The van der Waals surface area contributed by atoms with Gasteiger partial charge in [0.05, 0.1) is 0 Å². The first-order chi connectivity index (χ1) is 12.4. The highest BCUT2D eigenvalue weighted by Crippen LogP contribution is 2.26. The van der Waals surface area contributed by atoms with Crippen LogP contribution in [0.3, 0.4) is 0 Å². The average Bonchev–Trinajstić information content (AvgIpc) is 2.89. The van der Waals surface area contributed by atoms with Gasteiger partial charge in [-0.1, -0.05) is 47.5 Å². The number of nitrogens with zero attached hydrogens (tertiary/aromatic N) is 1. The maximum Gasteiger partial charge on any atom is 0.185 e. The number of benzene rings is 2. The Kier molecular flexibility index (Phi) is 5.15. The Morgan fingerprint density at radius 2 is 1.65 bits per heavy atom. The van der Waals surface area contributed by atoms with Gasteiger partial charge in [0.2, 0.25) is 0 Å². The highest BCUT2D eigenvalue weighted by Gasteiger charge is 2.12. The Bertz CT molecular complexity index is 994. The van der Waals surface area contributed by atoms with Gasteiger partial charge >= 0.3 is 0 Å².